The molecule has 3 aliphatic carbocycles. The van der Waals surface area contributed by atoms with Gasteiger partial charge in [0, 0.05) is 27.4 Å². The normalized spacial score (nSPS) is 48.0. The molecule has 2 saturated carbocycles. The van der Waals surface area contributed by atoms with Crippen LogP contribution in [0.4, 0.5) is 0 Å². The van der Waals surface area contributed by atoms with Crippen LogP contribution in [-0.2, 0) is 21.4 Å². The fourth-order valence-electron chi connectivity index (χ4n) is 8.79. The first kappa shape index (κ1) is 20.4. The van der Waals surface area contributed by atoms with Gasteiger partial charge in [-0.25, -0.2) is 0 Å². The van der Waals surface area contributed by atoms with E-state index in [0.29, 0.717) is 25.2 Å². The van der Waals surface area contributed by atoms with E-state index in [9.17, 15) is 15.0 Å². The quantitative estimate of drug-likeness (QED) is 0.568. The summed E-state index contributed by atoms with van der Waals surface area (Å²) in [5, 5.41) is 24.7. The van der Waals surface area contributed by atoms with E-state index >= 15 is 0 Å². The fourth-order valence-corrected chi connectivity index (χ4v) is 8.79. The molecule has 1 aromatic heterocycles. The molecule has 0 unspecified atom stereocenters. The van der Waals surface area contributed by atoms with Crippen LogP contribution < -0.4 is 0 Å². The standard InChI is InChI=1S/C28H33NO4/c1-24(31)10-12-27-13-11-25(2)26(3)16(14-18-17-6-4-5-7-19(17)29-22(18)26)8-9-28(25,32)21(27)15-20(30)23(24)33-27/h4-7,15-16,23,29,31-32H,8-14H2,1-3H3/t16-,23-,24-,25+,26+,27+,28+/m0/s1. The van der Waals surface area contributed by atoms with Crippen molar-refractivity contribution in [3.8, 4) is 0 Å². The maximum atomic E-state index is 13.1. The second kappa shape index (κ2) is 5.81. The molecular formula is C28H33NO4. The summed E-state index contributed by atoms with van der Waals surface area (Å²) in [4.78, 5) is 16.9. The maximum absolute atomic E-state index is 13.1. The number of hydrogen-bond donors (Lipinski definition) is 3. The van der Waals surface area contributed by atoms with Gasteiger partial charge in [-0.1, -0.05) is 32.0 Å². The van der Waals surface area contributed by atoms with Gasteiger partial charge in [0.05, 0.1) is 16.8 Å². The molecule has 174 valence electrons. The molecule has 5 heteroatoms. The highest BCUT2D eigenvalue weighted by Crippen LogP contribution is 2.71. The van der Waals surface area contributed by atoms with Crippen LogP contribution in [0.25, 0.3) is 10.9 Å². The summed E-state index contributed by atoms with van der Waals surface area (Å²) in [5.74, 6) is 0.260. The van der Waals surface area contributed by atoms with Crippen LogP contribution in [-0.4, -0.2) is 43.9 Å². The van der Waals surface area contributed by atoms with Gasteiger partial charge in [0.25, 0.3) is 0 Å². The molecule has 3 fully saturated rings. The van der Waals surface area contributed by atoms with Crippen molar-refractivity contribution >= 4 is 16.7 Å². The number of fused-ring (bicyclic) bond motifs is 9. The first-order chi connectivity index (χ1) is 15.6. The van der Waals surface area contributed by atoms with Crippen LogP contribution in [0.15, 0.2) is 35.9 Å². The minimum Gasteiger partial charge on any atom is -0.387 e. The topological polar surface area (TPSA) is 82.6 Å². The second-order valence-electron chi connectivity index (χ2n) is 12.2. The van der Waals surface area contributed by atoms with Gasteiger partial charge in [-0.3, -0.25) is 4.79 Å². The van der Waals surface area contributed by atoms with E-state index < -0.39 is 28.3 Å². The molecule has 3 N–H and O–H groups in total. The molecule has 1 saturated heterocycles. The number of ether oxygens (including phenoxy) is 1. The van der Waals surface area contributed by atoms with Crippen molar-refractivity contribution in [1.82, 2.24) is 4.98 Å². The molecule has 2 bridgehead atoms. The van der Waals surface area contributed by atoms with Gasteiger partial charge in [0.15, 0.2) is 5.78 Å². The van der Waals surface area contributed by atoms with Crippen molar-refractivity contribution in [2.24, 2.45) is 11.3 Å². The van der Waals surface area contributed by atoms with E-state index in [-0.39, 0.29) is 11.2 Å². The van der Waals surface area contributed by atoms with Gasteiger partial charge in [-0.2, -0.15) is 0 Å². The molecule has 5 aliphatic rings. The molecule has 1 aromatic carbocycles. The predicted octanol–water partition coefficient (Wildman–Crippen LogP) is 4.10. The lowest BCUT2D eigenvalue weighted by atomic mass is 9.40. The number of carbonyl (C=O) groups excluding carboxylic acids is 1. The van der Waals surface area contributed by atoms with Crippen molar-refractivity contribution in [1.29, 1.82) is 0 Å². The van der Waals surface area contributed by atoms with Gasteiger partial charge >= 0.3 is 0 Å². The second-order valence-corrected chi connectivity index (χ2v) is 12.2. The highest BCUT2D eigenvalue weighted by atomic mass is 16.5. The third-order valence-corrected chi connectivity index (χ3v) is 11.0. The highest BCUT2D eigenvalue weighted by Gasteiger charge is 2.73. The Morgan fingerprint density at radius 3 is 2.61 bits per heavy atom. The van der Waals surface area contributed by atoms with Crippen LogP contribution in [0, 0.1) is 11.3 Å². The monoisotopic (exact) mass is 447 g/mol. The Kier molecular flexibility index (Phi) is 3.60. The summed E-state index contributed by atoms with van der Waals surface area (Å²) >= 11 is 0. The van der Waals surface area contributed by atoms with E-state index in [1.807, 2.05) is 0 Å². The largest absolute Gasteiger partial charge is 0.387 e. The fraction of sp³-hybridized carbons (Fsp3) is 0.607. The van der Waals surface area contributed by atoms with Crippen molar-refractivity contribution < 1.29 is 19.7 Å². The first-order valence-electron chi connectivity index (χ1n) is 12.5. The SMILES string of the molecule is C[C@]12CC[C@@]34CC[C@](C)(O)[C@@H](O3)C(=O)C=C4[C@]1(O)CC[C@H]1Cc3c([nH]c4ccccc34)[C@@]12C. The lowest BCUT2D eigenvalue weighted by Gasteiger charge is -2.68. The first-order valence-corrected chi connectivity index (χ1v) is 12.5. The van der Waals surface area contributed by atoms with Gasteiger partial charge in [-0.15, -0.1) is 0 Å². The molecule has 0 amide bonds. The number of aromatic amines is 1. The number of nitrogens with one attached hydrogen (secondary N) is 1. The number of ketones is 1. The van der Waals surface area contributed by atoms with E-state index in [2.05, 4.69) is 43.1 Å². The van der Waals surface area contributed by atoms with Crippen molar-refractivity contribution in [2.45, 2.75) is 94.0 Å². The lowest BCUT2D eigenvalue weighted by Crippen LogP contribution is -2.72. The van der Waals surface area contributed by atoms with Gasteiger partial charge in [0.2, 0.25) is 0 Å². The molecular weight excluding hydrogens is 414 g/mol. The minimum atomic E-state index is -1.15. The Morgan fingerprint density at radius 1 is 1.03 bits per heavy atom. The Labute approximate surface area is 194 Å². The zero-order valence-electron chi connectivity index (χ0n) is 19.7. The highest BCUT2D eigenvalue weighted by molar-refractivity contribution is 5.97. The van der Waals surface area contributed by atoms with Crippen LogP contribution in [0.2, 0.25) is 0 Å². The average molecular weight is 448 g/mol. The van der Waals surface area contributed by atoms with E-state index in [0.717, 1.165) is 31.3 Å². The van der Waals surface area contributed by atoms with Crippen molar-refractivity contribution in [3.05, 3.63) is 47.2 Å². The Morgan fingerprint density at radius 2 is 1.79 bits per heavy atom. The number of para-hydroxylation sites is 1. The summed E-state index contributed by atoms with van der Waals surface area (Å²) in [6.45, 7) is 6.30. The smallest absolute Gasteiger partial charge is 0.187 e. The van der Waals surface area contributed by atoms with Crippen molar-refractivity contribution in [2.75, 3.05) is 0 Å². The number of aromatic nitrogens is 1. The average Bonchev–Trinajstić information content (AvgIpc) is 3.29. The van der Waals surface area contributed by atoms with Gasteiger partial charge in [-0.05, 0) is 81.1 Å². The molecule has 2 aliphatic heterocycles. The zero-order valence-corrected chi connectivity index (χ0v) is 19.7. The Hall–Kier alpha value is -1.95. The Balaban J connectivity index is 1.42. The van der Waals surface area contributed by atoms with Crippen molar-refractivity contribution in [3.63, 3.8) is 0 Å². The van der Waals surface area contributed by atoms with Gasteiger partial charge in [0.1, 0.15) is 6.10 Å². The predicted molar refractivity (Wildman–Crippen MR) is 125 cm³/mol. The number of H-pyrrole nitrogens is 1. The Bertz CT molecular complexity index is 1260. The molecule has 2 aromatic rings. The van der Waals surface area contributed by atoms with Crippen LogP contribution in [0.5, 0.6) is 0 Å². The molecule has 33 heavy (non-hydrogen) atoms. The van der Waals surface area contributed by atoms with E-state index in [1.165, 1.54) is 22.2 Å². The van der Waals surface area contributed by atoms with Crippen LogP contribution in [0.1, 0.15) is 70.6 Å². The molecule has 1 spiro atoms. The zero-order chi connectivity index (χ0) is 23.0. The third-order valence-electron chi connectivity index (χ3n) is 11.0. The van der Waals surface area contributed by atoms with E-state index in [4.69, 9.17) is 4.74 Å². The number of benzene rings is 1. The molecule has 0 radical (unpaired) electrons. The molecule has 7 atom stereocenters. The maximum Gasteiger partial charge on any atom is 0.187 e. The molecule has 3 heterocycles. The summed E-state index contributed by atoms with van der Waals surface area (Å²) < 4.78 is 6.43. The van der Waals surface area contributed by atoms with E-state index in [1.54, 1.807) is 13.0 Å². The molecule has 5 nitrogen and oxygen atoms in total. The molecule has 7 rings (SSSR count). The summed E-state index contributed by atoms with van der Waals surface area (Å²) in [5.41, 5.74) is 1.08. The summed E-state index contributed by atoms with van der Waals surface area (Å²) in [6.07, 6.45) is 6.20. The number of hydrogen-bond acceptors (Lipinski definition) is 4. The number of carbonyl (C=O) groups is 1. The number of rotatable bonds is 0. The summed E-state index contributed by atoms with van der Waals surface area (Å²) in [7, 11) is 0. The van der Waals surface area contributed by atoms with Gasteiger partial charge < -0.3 is 19.9 Å². The third kappa shape index (κ3) is 2.10. The van der Waals surface area contributed by atoms with Crippen LogP contribution >= 0.6 is 0 Å². The summed E-state index contributed by atoms with van der Waals surface area (Å²) in [6, 6.07) is 8.53. The number of aliphatic hydroxyl groups is 2. The van der Waals surface area contributed by atoms with Crippen LogP contribution in [0.3, 0.4) is 0 Å². The lowest BCUT2D eigenvalue weighted by molar-refractivity contribution is -0.246. The minimum absolute atomic E-state index is 0.201.